The van der Waals surface area contributed by atoms with Gasteiger partial charge >= 0.3 is 0 Å². The fourth-order valence-electron chi connectivity index (χ4n) is 5.90. The molecule has 0 N–H and O–H groups in total. The zero-order valence-corrected chi connectivity index (χ0v) is 22.0. The van der Waals surface area contributed by atoms with Crippen LogP contribution in [0.25, 0.3) is 10.9 Å². The molecule has 0 spiro atoms. The third-order valence-electron chi connectivity index (χ3n) is 7.89. The van der Waals surface area contributed by atoms with Crippen LogP contribution in [-0.4, -0.2) is 26.1 Å². The summed E-state index contributed by atoms with van der Waals surface area (Å²) in [4.78, 5) is 48.7. The molecular formula is C28H32ClN3O3S. The lowest BCUT2D eigenvalue weighted by Crippen LogP contribution is -2.33. The maximum atomic E-state index is 13.6. The summed E-state index contributed by atoms with van der Waals surface area (Å²) in [6.45, 7) is 0. The molecule has 0 aliphatic heterocycles. The molecule has 0 bridgehead atoms. The van der Waals surface area contributed by atoms with Crippen molar-refractivity contribution in [1.29, 1.82) is 0 Å². The summed E-state index contributed by atoms with van der Waals surface area (Å²) in [6.07, 6.45) is 14.7. The molecule has 1 unspecified atom stereocenters. The first-order valence-electron chi connectivity index (χ1n) is 13.1. The Bertz CT molecular complexity index is 1300. The monoisotopic (exact) mass is 525 g/mol. The number of fused-ring (bicyclic) bond motifs is 1. The van der Waals surface area contributed by atoms with E-state index in [1.54, 1.807) is 24.4 Å². The Hall–Kier alpha value is -2.38. The first-order valence-corrected chi connectivity index (χ1v) is 14.3. The molecule has 2 saturated carbocycles. The van der Waals surface area contributed by atoms with Crippen molar-refractivity contribution in [3.63, 3.8) is 0 Å². The van der Waals surface area contributed by atoms with Gasteiger partial charge in [0, 0.05) is 12.0 Å². The van der Waals surface area contributed by atoms with Gasteiger partial charge in [0.15, 0.2) is 11.6 Å². The average Bonchev–Trinajstić information content (AvgIpc) is 3.55. The number of thiazole rings is 1. The van der Waals surface area contributed by atoms with Gasteiger partial charge in [0.1, 0.15) is 9.34 Å². The lowest BCUT2D eigenvalue weighted by Gasteiger charge is -2.27. The van der Waals surface area contributed by atoms with Crippen LogP contribution in [0.3, 0.4) is 0 Å². The van der Waals surface area contributed by atoms with Crippen molar-refractivity contribution < 1.29 is 9.59 Å². The second-order valence-electron chi connectivity index (χ2n) is 10.4. The van der Waals surface area contributed by atoms with Gasteiger partial charge in [-0.25, -0.2) is 9.97 Å². The Labute approximate surface area is 220 Å². The minimum Gasteiger partial charge on any atom is -0.297 e. The van der Waals surface area contributed by atoms with E-state index in [-0.39, 0.29) is 23.5 Å². The minimum absolute atomic E-state index is 0.0433. The van der Waals surface area contributed by atoms with Crippen LogP contribution in [0, 0.1) is 11.8 Å². The number of carbonyl (C=O) groups is 2. The van der Waals surface area contributed by atoms with Gasteiger partial charge in [0.2, 0.25) is 0 Å². The van der Waals surface area contributed by atoms with Gasteiger partial charge in [-0.15, -0.1) is 11.3 Å². The highest BCUT2D eigenvalue weighted by molar-refractivity contribution is 7.15. The third kappa shape index (κ3) is 5.78. The van der Waals surface area contributed by atoms with Crippen molar-refractivity contribution in [1.82, 2.24) is 14.5 Å². The summed E-state index contributed by atoms with van der Waals surface area (Å²) < 4.78 is 2.05. The molecule has 2 aliphatic carbocycles. The number of nitrogens with zero attached hydrogens (tertiary/aromatic N) is 3. The largest absolute Gasteiger partial charge is 0.297 e. The Morgan fingerprint density at radius 3 is 2.47 bits per heavy atom. The van der Waals surface area contributed by atoms with Crippen molar-refractivity contribution in [3.05, 3.63) is 56.0 Å². The Morgan fingerprint density at radius 2 is 1.75 bits per heavy atom. The van der Waals surface area contributed by atoms with Gasteiger partial charge in [-0.2, -0.15) is 0 Å². The Morgan fingerprint density at radius 1 is 1.03 bits per heavy atom. The van der Waals surface area contributed by atoms with Crippen LogP contribution in [0.5, 0.6) is 0 Å². The second-order valence-corrected chi connectivity index (χ2v) is 12.2. The van der Waals surface area contributed by atoms with Gasteiger partial charge < -0.3 is 0 Å². The molecule has 2 heterocycles. The minimum atomic E-state index is -0.594. The zero-order chi connectivity index (χ0) is 25.1. The van der Waals surface area contributed by atoms with Crippen LogP contribution in [-0.2, 0) is 11.2 Å². The topological polar surface area (TPSA) is 81.9 Å². The van der Waals surface area contributed by atoms with E-state index in [9.17, 15) is 14.4 Å². The van der Waals surface area contributed by atoms with E-state index in [0.717, 1.165) is 38.5 Å². The summed E-state index contributed by atoms with van der Waals surface area (Å²) in [7, 11) is 0. The average molecular weight is 526 g/mol. The maximum absolute atomic E-state index is 13.6. The van der Waals surface area contributed by atoms with Crippen molar-refractivity contribution >= 4 is 45.4 Å². The summed E-state index contributed by atoms with van der Waals surface area (Å²) in [5.74, 6) is 0.944. The predicted octanol–water partition coefficient (Wildman–Crippen LogP) is 6.59. The molecular weight excluding hydrogens is 494 g/mol. The smallest absolute Gasteiger partial charge is 0.261 e. The Kier molecular flexibility index (Phi) is 7.96. The van der Waals surface area contributed by atoms with Crippen LogP contribution >= 0.6 is 22.9 Å². The predicted molar refractivity (Wildman–Crippen MR) is 143 cm³/mol. The zero-order valence-electron chi connectivity index (χ0n) is 20.5. The number of rotatable bonds is 9. The van der Waals surface area contributed by atoms with E-state index < -0.39 is 6.04 Å². The molecule has 2 aromatic heterocycles. The van der Waals surface area contributed by atoms with Gasteiger partial charge in [-0.05, 0) is 30.4 Å². The first kappa shape index (κ1) is 25.3. The number of ketones is 2. The number of Topliss-reactive ketones (excluding diaryl/α,β-unsaturated/α-hetero) is 2. The van der Waals surface area contributed by atoms with E-state index in [0.29, 0.717) is 50.5 Å². The second kappa shape index (κ2) is 11.3. The van der Waals surface area contributed by atoms with Crippen LogP contribution < -0.4 is 5.56 Å². The highest BCUT2D eigenvalue weighted by Crippen LogP contribution is 2.32. The molecule has 190 valence electrons. The van der Waals surface area contributed by atoms with Crippen molar-refractivity contribution in [2.24, 2.45) is 11.8 Å². The summed E-state index contributed by atoms with van der Waals surface area (Å²) >= 11 is 7.32. The Balaban J connectivity index is 1.42. The van der Waals surface area contributed by atoms with Crippen LogP contribution in [0.1, 0.15) is 92.0 Å². The van der Waals surface area contributed by atoms with E-state index in [2.05, 4.69) is 9.97 Å². The molecule has 0 saturated heterocycles. The first-order chi connectivity index (χ1) is 17.5. The molecule has 3 aromatic rings. The summed E-state index contributed by atoms with van der Waals surface area (Å²) in [6, 6.07) is 4.58. The van der Waals surface area contributed by atoms with E-state index in [1.807, 2.05) is 0 Å². The van der Waals surface area contributed by atoms with E-state index >= 15 is 0 Å². The number of carbonyl (C=O) groups excluding carboxylic acids is 2. The molecule has 6 nitrogen and oxygen atoms in total. The van der Waals surface area contributed by atoms with Gasteiger partial charge in [0.05, 0.1) is 35.9 Å². The highest BCUT2D eigenvalue weighted by atomic mass is 35.5. The van der Waals surface area contributed by atoms with Crippen molar-refractivity contribution in [2.45, 2.75) is 83.1 Å². The molecule has 36 heavy (non-hydrogen) atoms. The molecule has 1 atom stereocenters. The number of halogens is 1. The van der Waals surface area contributed by atoms with Crippen molar-refractivity contribution in [3.8, 4) is 0 Å². The molecule has 1 aromatic carbocycles. The normalized spacial score (nSPS) is 18.0. The van der Waals surface area contributed by atoms with Crippen molar-refractivity contribution in [2.75, 3.05) is 0 Å². The van der Waals surface area contributed by atoms with E-state index in [4.69, 9.17) is 11.6 Å². The lowest BCUT2D eigenvalue weighted by atomic mass is 9.83. The molecule has 0 radical (unpaired) electrons. The molecule has 2 aliphatic rings. The number of benzene rings is 1. The van der Waals surface area contributed by atoms with Crippen LogP contribution in [0.2, 0.25) is 4.34 Å². The van der Waals surface area contributed by atoms with Crippen LogP contribution in [0.15, 0.2) is 35.5 Å². The number of aromatic nitrogens is 3. The molecule has 2 fully saturated rings. The molecule has 5 rings (SSSR count). The number of hydrogen-bond donors (Lipinski definition) is 0. The standard InChI is InChI=1S/C28H32ClN3O3S/c29-26-16-30-27(36-26)15-25(34)23(12-18-6-2-1-3-7-18)32-17-31-22-14-20(10-11-21(22)28(32)35)24(33)13-19-8-4-5-9-19/h10-11,14,16-19,23H,1-9,12-13,15H2. The fraction of sp³-hybridized carbons (Fsp3) is 0.536. The van der Waals surface area contributed by atoms with Gasteiger partial charge in [0.25, 0.3) is 5.56 Å². The quantitative estimate of drug-likeness (QED) is 0.294. The fourth-order valence-corrected chi connectivity index (χ4v) is 6.87. The van der Waals surface area contributed by atoms with Gasteiger partial charge in [-0.1, -0.05) is 75.5 Å². The lowest BCUT2D eigenvalue weighted by molar-refractivity contribution is -0.122. The molecule has 0 amide bonds. The van der Waals surface area contributed by atoms with Crippen LogP contribution in [0.4, 0.5) is 0 Å². The summed E-state index contributed by atoms with van der Waals surface area (Å²) in [5, 5.41) is 1.10. The van der Waals surface area contributed by atoms with E-state index in [1.165, 1.54) is 41.5 Å². The maximum Gasteiger partial charge on any atom is 0.261 e. The summed E-state index contributed by atoms with van der Waals surface area (Å²) in [5.41, 5.74) is 0.875. The SMILES string of the molecule is O=C(CC1CCCC1)c1ccc2c(=O)n(C(CC3CCCCC3)C(=O)Cc3ncc(Cl)s3)cnc2c1. The highest BCUT2D eigenvalue weighted by Gasteiger charge is 2.28. The molecule has 8 heteroatoms. The van der Waals surface area contributed by atoms with Gasteiger partial charge in [-0.3, -0.25) is 19.0 Å². The number of hydrogen-bond acceptors (Lipinski definition) is 6. The third-order valence-corrected chi connectivity index (χ3v) is 9.01.